The van der Waals surface area contributed by atoms with Gasteiger partial charge in [-0.1, -0.05) is 6.92 Å². The highest BCUT2D eigenvalue weighted by molar-refractivity contribution is 5.78. The van der Waals surface area contributed by atoms with Gasteiger partial charge in [-0.05, 0) is 20.0 Å². The zero-order valence-electron chi connectivity index (χ0n) is 8.38. The van der Waals surface area contributed by atoms with Crippen molar-refractivity contribution >= 4 is 11.7 Å². The van der Waals surface area contributed by atoms with Crippen molar-refractivity contribution in [3.8, 4) is 0 Å². The molecule has 0 aliphatic heterocycles. The number of carbonyl (C=O) groups is 2. The summed E-state index contributed by atoms with van der Waals surface area (Å²) in [5, 5.41) is 0. The Morgan fingerprint density at radius 3 is 2.46 bits per heavy atom. The molecule has 0 aliphatic rings. The van der Waals surface area contributed by atoms with Crippen molar-refractivity contribution in [3.05, 3.63) is 0 Å². The molecular formula is C9H18N2O2. The molecule has 0 bridgehead atoms. The van der Waals surface area contributed by atoms with Crippen molar-refractivity contribution in [3.63, 3.8) is 0 Å². The van der Waals surface area contributed by atoms with Crippen molar-refractivity contribution < 1.29 is 9.59 Å². The van der Waals surface area contributed by atoms with Gasteiger partial charge in [0.2, 0.25) is 5.91 Å². The van der Waals surface area contributed by atoms with Gasteiger partial charge in [-0.2, -0.15) is 0 Å². The normalized spacial score (nSPS) is 10.4. The van der Waals surface area contributed by atoms with E-state index in [1.165, 1.54) is 0 Å². The van der Waals surface area contributed by atoms with Gasteiger partial charge in [-0.15, -0.1) is 0 Å². The van der Waals surface area contributed by atoms with Crippen molar-refractivity contribution in [2.24, 2.45) is 5.73 Å². The Kier molecular flexibility index (Phi) is 6.14. The molecule has 0 spiro atoms. The minimum absolute atomic E-state index is 0.264. The monoisotopic (exact) mass is 186 g/mol. The summed E-state index contributed by atoms with van der Waals surface area (Å²) in [6.07, 6.45) is 2.00. The number of hydrogen-bond acceptors (Lipinski definition) is 3. The minimum Gasteiger partial charge on any atom is -0.369 e. The molecule has 0 aromatic rings. The lowest BCUT2D eigenvalue weighted by Gasteiger charge is -2.13. The van der Waals surface area contributed by atoms with Crippen LogP contribution in [-0.4, -0.2) is 36.7 Å². The number of likely N-dealkylation sites (N-methyl/N-ethyl adjacent to an activating group) is 1. The fourth-order valence-corrected chi connectivity index (χ4v) is 1.07. The van der Waals surface area contributed by atoms with Crippen LogP contribution in [0.25, 0.3) is 0 Å². The Hall–Kier alpha value is -0.900. The topological polar surface area (TPSA) is 63.4 Å². The maximum Gasteiger partial charge on any atom is 0.231 e. The number of rotatable bonds is 7. The molecule has 0 aromatic carbocycles. The molecule has 0 fully saturated rings. The molecular weight excluding hydrogens is 168 g/mol. The van der Waals surface area contributed by atoms with E-state index in [0.29, 0.717) is 12.8 Å². The van der Waals surface area contributed by atoms with Gasteiger partial charge in [0.05, 0.1) is 6.54 Å². The molecule has 2 N–H and O–H groups in total. The summed E-state index contributed by atoms with van der Waals surface area (Å²) in [4.78, 5) is 23.2. The molecule has 4 nitrogen and oxygen atoms in total. The van der Waals surface area contributed by atoms with Crippen LogP contribution in [0, 0.1) is 0 Å². The average molecular weight is 186 g/mol. The molecule has 0 atom stereocenters. The van der Waals surface area contributed by atoms with E-state index in [0.717, 1.165) is 13.0 Å². The van der Waals surface area contributed by atoms with Crippen LogP contribution in [-0.2, 0) is 9.59 Å². The third-order valence-electron chi connectivity index (χ3n) is 1.82. The molecule has 0 heterocycles. The molecule has 0 rings (SSSR count). The molecule has 4 heteroatoms. The Bertz CT molecular complexity index is 180. The molecule has 13 heavy (non-hydrogen) atoms. The van der Waals surface area contributed by atoms with Crippen LogP contribution in [0.15, 0.2) is 0 Å². The number of amides is 1. The van der Waals surface area contributed by atoms with E-state index in [4.69, 9.17) is 5.73 Å². The molecule has 0 saturated carbocycles. The van der Waals surface area contributed by atoms with E-state index in [9.17, 15) is 9.59 Å². The third-order valence-corrected chi connectivity index (χ3v) is 1.82. The maximum absolute atomic E-state index is 10.9. The summed E-state index contributed by atoms with van der Waals surface area (Å²) in [5.41, 5.74) is 5.00. The Balaban J connectivity index is 3.42. The zero-order valence-corrected chi connectivity index (χ0v) is 8.38. The average Bonchev–Trinajstić information content (AvgIpc) is 2.02. The van der Waals surface area contributed by atoms with Crippen molar-refractivity contribution in [2.75, 3.05) is 20.1 Å². The van der Waals surface area contributed by atoms with Crippen molar-refractivity contribution in [2.45, 2.75) is 26.2 Å². The molecule has 0 saturated heterocycles. The number of nitrogens with zero attached hydrogens (tertiary/aromatic N) is 1. The second kappa shape index (κ2) is 6.60. The summed E-state index contributed by atoms with van der Waals surface area (Å²) in [7, 11) is 1.82. The number of primary amides is 1. The second-order valence-electron chi connectivity index (χ2n) is 3.20. The van der Waals surface area contributed by atoms with Crippen LogP contribution in [0.3, 0.4) is 0 Å². The number of ketones is 1. The van der Waals surface area contributed by atoms with Crippen LogP contribution in [0.2, 0.25) is 0 Å². The highest BCUT2D eigenvalue weighted by Crippen LogP contribution is 1.96. The Labute approximate surface area is 79.1 Å². The van der Waals surface area contributed by atoms with Crippen LogP contribution in [0.5, 0.6) is 0 Å². The first-order valence-corrected chi connectivity index (χ1v) is 4.54. The second-order valence-corrected chi connectivity index (χ2v) is 3.20. The van der Waals surface area contributed by atoms with E-state index in [1.807, 2.05) is 18.9 Å². The number of nitrogens with two attached hydrogens (primary N) is 1. The van der Waals surface area contributed by atoms with E-state index < -0.39 is 0 Å². The fourth-order valence-electron chi connectivity index (χ4n) is 1.07. The van der Waals surface area contributed by atoms with Crippen molar-refractivity contribution in [1.29, 1.82) is 0 Å². The van der Waals surface area contributed by atoms with Crippen LogP contribution < -0.4 is 5.73 Å². The summed E-state index contributed by atoms with van der Waals surface area (Å²) in [5.74, 6) is -0.0585. The zero-order chi connectivity index (χ0) is 10.3. The first-order valence-electron chi connectivity index (χ1n) is 4.54. The number of carbonyl (C=O) groups excluding carboxylic acids is 2. The summed E-state index contributed by atoms with van der Waals surface area (Å²) < 4.78 is 0. The van der Waals surface area contributed by atoms with Gasteiger partial charge in [0, 0.05) is 12.8 Å². The van der Waals surface area contributed by atoms with Gasteiger partial charge in [-0.25, -0.2) is 0 Å². The minimum atomic E-state index is -0.329. The summed E-state index contributed by atoms with van der Waals surface area (Å²) in [6.45, 7) is 2.87. The van der Waals surface area contributed by atoms with E-state index >= 15 is 0 Å². The Morgan fingerprint density at radius 2 is 2.00 bits per heavy atom. The lowest BCUT2D eigenvalue weighted by Crippen LogP contribution is -2.31. The lowest BCUT2D eigenvalue weighted by atomic mass is 10.2. The molecule has 1 amide bonds. The van der Waals surface area contributed by atoms with E-state index in [2.05, 4.69) is 0 Å². The van der Waals surface area contributed by atoms with Gasteiger partial charge in [0.15, 0.2) is 0 Å². The van der Waals surface area contributed by atoms with Crippen LogP contribution in [0.1, 0.15) is 26.2 Å². The maximum atomic E-state index is 10.9. The third kappa shape index (κ3) is 7.46. The number of Topliss-reactive ketones (excluding diaryl/α,β-unsaturated/α-hetero) is 1. The highest BCUT2D eigenvalue weighted by atomic mass is 16.1. The van der Waals surface area contributed by atoms with Crippen LogP contribution in [0.4, 0.5) is 0 Å². The SMILES string of the molecule is CCC(=O)CCCN(C)CC(N)=O. The largest absolute Gasteiger partial charge is 0.369 e. The summed E-state index contributed by atoms with van der Waals surface area (Å²) in [6, 6.07) is 0. The van der Waals surface area contributed by atoms with Gasteiger partial charge in [0.25, 0.3) is 0 Å². The standard InChI is InChI=1S/C9H18N2O2/c1-3-8(12)5-4-6-11(2)7-9(10)13/h3-7H2,1-2H3,(H2,10,13). The van der Waals surface area contributed by atoms with E-state index in [1.54, 1.807) is 0 Å². The summed E-state index contributed by atoms with van der Waals surface area (Å²) >= 11 is 0. The molecule has 0 aliphatic carbocycles. The Morgan fingerprint density at radius 1 is 1.38 bits per heavy atom. The first kappa shape index (κ1) is 12.1. The van der Waals surface area contributed by atoms with Gasteiger partial charge >= 0.3 is 0 Å². The molecule has 0 unspecified atom stereocenters. The smallest absolute Gasteiger partial charge is 0.231 e. The van der Waals surface area contributed by atoms with E-state index in [-0.39, 0.29) is 18.2 Å². The number of hydrogen-bond donors (Lipinski definition) is 1. The lowest BCUT2D eigenvalue weighted by molar-refractivity contribution is -0.118. The van der Waals surface area contributed by atoms with Gasteiger partial charge in [-0.3, -0.25) is 14.5 Å². The molecule has 0 radical (unpaired) electrons. The van der Waals surface area contributed by atoms with Gasteiger partial charge in [0.1, 0.15) is 5.78 Å². The quantitative estimate of drug-likeness (QED) is 0.616. The fraction of sp³-hybridized carbons (Fsp3) is 0.778. The van der Waals surface area contributed by atoms with Crippen molar-refractivity contribution in [1.82, 2.24) is 4.90 Å². The molecule has 0 aromatic heterocycles. The predicted octanol–water partition coefficient (Wildman–Crippen LogP) is 0.163. The van der Waals surface area contributed by atoms with Gasteiger partial charge < -0.3 is 5.73 Å². The predicted molar refractivity (Wildman–Crippen MR) is 51.2 cm³/mol. The van der Waals surface area contributed by atoms with Crippen LogP contribution >= 0.6 is 0 Å². The first-order chi connectivity index (χ1) is 6.06. The molecule has 76 valence electrons. The highest BCUT2D eigenvalue weighted by Gasteiger charge is 2.03.